The van der Waals surface area contributed by atoms with Gasteiger partial charge in [0.05, 0.1) is 6.54 Å². The molecule has 0 amide bonds. The van der Waals surface area contributed by atoms with Gasteiger partial charge >= 0.3 is 0 Å². The highest BCUT2D eigenvalue weighted by Crippen LogP contribution is 2.05. The molecule has 0 radical (unpaired) electrons. The van der Waals surface area contributed by atoms with E-state index < -0.39 is 0 Å². The van der Waals surface area contributed by atoms with Crippen LogP contribution in [0.1, 0.15) is 32.5 Å². The highest BCUT2D eigenvalue weighted by atomic mass is 15.3. The van der Waals surface area contributed by atoms with Crippen molar-refractivity contribution in [3.63, 3.8) is 0 Å². The maximum atomic E-state index is 4.19. The molecule has 0 saturated carbocycles. The summed E-state index contributed by atoms with van der Waals surface area (Å²) < 4.78 is 2.03. The Morgan fingerprint density at radius 3 is 3.06 bits per heavy atom. The number of aromatic nitrogens is 3. The van der Waals surface area contributed by atoms with E-state index in [0.29, 0.717) is 0 Å². The fourth-order valence-electron chi connectivity index (χ4n) is 2.04. The molecule has 0 saturated heterocycles. The van der Waals surface area contributed by atoms with E-state index in [1.165, 1.54) is 12.8 Å². The van der Waals surface area contributed by atoms with E-state index >= 15 is 0 Å². The van der Waals surface area contributed by atoms with Crippen LogP contribution in [-0.2, 0) is 6.54 Å². The first-order chi connectivity index (χ1) is 8.31. The lowest BCUT2D eigenvalue weighted by molar-refractivity contribution is 0.471. The summed E-state index contributed by atoms with van der Waals surface area (Å²) in [5.41, 5.74) is 0.908. The van der Waals surface area contributed by atoms with Gasteiger partial charge in [-0.2, -0.15) is 0 Å². The first kappa shape index (κ1) is 12.0. The molecule has 1 N–H and O–H groups in total. The van der Waals surface area contributed by atoms with Crippen molar-refractivity contribution in [3.8, 4) is 0 Å². The van der Waals surface area contributed by atoms with E-state index in [2.05, 4.69) is 29.4 Å². The van der Waals surface area contributed by atoms with E-state index in [1.807, 2.05) is 28.8 Å². The van der Waals surface area contributed by atoms with Gasteiger partial charge in [0.2, 0.25) is 0 Å². The predicted molar refractivity (Wildman–Crippen MR) is 68.8 cm³/mol. The molecule has 0 aliphatic carbocycles. The van der Waals surface area contributed by atoms with Crippen molar-refractivity contribution in [1.29, 1.82) is 0 Å². The quantitative estimate of drug-likeness (QED) is 0.830. The monoisotopic (exact) mass is 232 g/mol. The maximum absolute atomic E-state index is 4.19. The summed E-state index contributed by atoms with van der Waals surface area (Å²) in [5, 5.41) is 11.8. The molecule has 2 heterocycles. The van der Waals surface area contributed by atoms with E-state index in [4.69, 9.17) is 0 Å². The Hall–Kier alpha value is -1.42. The molecular weight excluding hydrogens is 212 g/mol. The molecule has 4 nitrogen and oxygen atoms in total. The van der Waals surface area contributed by atoms with Crippen molar-refractivity contribution >= 4 is 5.65 Å². The van der Waals surface area contributed by atoms with Gasteiger partial charge in [-0.3, -0.25) is 4.40 Å². The number of fused-ring (bicyclic) bond motifs is 1. The van der Waals surface area contributed by atoms with Crippen molar-refractivity contribution in [2.75, 3.05) is 6.54 Å². The Morgan fingerprint density at radius 1 is 1.35 bits per heavy atom. The van der Waals surface area contributed by atoms with Gasteiger partial charge in [0.25, 0.3) is 0 Å². The standard InChI is InChI=1S/C13H20N4/c1-3-6-11(2)9-14-10-13-16-15-12-7-4-5-8-17(12)13/h4-5,7-8,11,14H,3,6,9-10H2,1-2H3/t11-/m1/s1. The molecule has 0 bridgehead atoms. The topological polar surface area (TPSA) is 42.2 Å². The molecule has 92 valence electrons. The van der Waals surface area contributed by atoms with Crippen LogP contribution in [0.15, 0.2) is 24.4 Å². The first-order valence-corrected chi connectivity index (χ1v) is 6.30. The zero-order chi connectivity index (χ0) is 12.1. The average Bonchev–Trinajstić information content (AvgIpc) is 2.73. The van der Waals surface area contributed by atoms with Crippen LogP contribution in [-0.4, -0.2) is 21.1 Å². The van der Waals surface area contributed by atoms with E-state index in [1.54, 1.807) is 0 Å². The van der Waals surface area contributed by atoms with Gasteiger partial charge in [0.15, 0.2) is 11.5 Å². The molecule has 0 fully saturated rings. The second-order valence-electron chi connectivity index (χ2n) is 4.57. The number of rotatable bonds is 6. The van der Waals surface area contributed by atoms with Crippen LogP contribution in [0.5, 0.6) is 0 Å². The summed E-state index contributed by atoms with van der Waals surface area (Å²) in [6, 6.07) is 5.94. The second kappa shape index (κ2) is 5.77. The molecular formula is C13H20N4. The molecule has 2 rings (SSSR count). The Morgan fingerprint density at radius 2 is 2.24 bits per heavy atom. The van der Waals surface area contributed by atoms with Gasteiger partial charge in [-0.25, -0.2) is 0 Å². The van der Waals surface area contributed by atoms with Crippen molar-refractivity contribution in [2.45, 2.75) is 33.2 Å². The minimum absolute atomic E-state index is 0.721. The Balaban J connectivity index is 1.91. The molecule has 0 aromatic carbocycles. The number of nitrogens with one attached hydrogen (secondary N) is 1. The smallest absolute Gasteiger partial charge is 0.160 e. The molecule has 17 heavy (non-hydrogen) atoms. The third-order valence-corrected chi connectivity index (χ3v) is 2.94. The Kier molecular flexibility index (Phi) is 4.09. The van der Waals surface area contributed by atoms with Crippen molar-refractivity contribution in [2.24, 2.45) is 5.92 Å². The zero-order valence-corrected chi connectivity index (χ0v) is 10.6. The molecule has 2 aromatic heterocycles. The third-order valence-electron chi connectivity index (χ3n) is 2.94. The van der Waals surface area contributed by atoms with Crippen LogP contribution in [0.25, 0.3) is 5.65 Å². The summed E-state index contributed by atoms with van der Waals surface area (Å²) in [5.74, 6) is 1.70. The van der Waals surface area contributed by atoms with Gasteiger partial charge in [-0.05, 0) is 31.0 Å². The van der Waals surface area contributed by atoms with E-state index in [9.17, 15) is 0 Å². The Bertz CT molecular complexity index is 463. The lowest BCUT2D eigenvalue weighted by atomic mass is 10.1. The Labute approximate surface area is 102 Å². The molecule has 0 aliphatic heterocycles. The van der Waals surface area contributed by atoms with Gasteiger partial charge < -0.3 is 5.32 Å². The van der Waals surface area contributed by atoms with Gasteiger partial charge in [-0.1, -0.05) is 26.3 Å². The second-order valence-corrected chi connectivity index (χ2v) is 4.57. The summed E-state index contributed by atoms with van der Waals surface area (Å²) in [6.07, 6.45) is 4.52. The minimum Gasteiger partial charge on any atom is -0.310 e. The van der Waals surface area contributed by atoms with Crippen molar-refractivity contribution in [3.05, 3.63) is 30.2 Å². The summed E-state index contributed by atoms with van der Waals surface area (Å²) >= 11 is 0. The first-order valence-electron chi connectivity index (χ1n) is 6.30. The molecule has 4 heteroatoms. The predicted octanol–water partition coefficient (Wildman–Crippen LogP) is 2.26. The number of pyridine rings is 1. The van der Waals surface area contributed by atoms with Crippen LogP contribution >= 0.6 is 0 Å². The van der Waals surface area contributed by atoms with E-state index in [-0.39, 0.29) is 0 Å². The number of hydrogen-bond donors (Lipinski definition) is 1. The van der Waals surface area contributed by atoms with Gasteiger partial charge in [-0.15, -0.1) is 10.2 Å². The average molecular weight is 232 g/mol. The minimum atomic E-state index is 0.721. The molecule has 0 aliphatic rings. The van der Waals surface area contributed by atoms with Gasteiger partial charge in [0.1, 0.15) is 0 Å². The lowest BCUT2D eigenvalue weighted by Crippen LogP contribution is -2.21. The zero-order valence-electron chi connectivity index (χ0n) is 10.6. The SMILES string of the molecule is CCC[C@@H](C)CNCc1nnc2ccccn12. The molecule has 0 unspecified atom stereocenters. The fourth-order valence-corrected chi connectivity index (χ4v) is 2.04. The number of hydrogen-bond acceptors (Lipinski definition) is 3. The maximum Gasteiger partial charge on any atom is 0.160 e. The van der Waals surface area contributed by atoms with Crippen molar-refractivity contribution < 1.29 is 0 Å². The van der Waals surface area contributed by atoms with E-state index in [0.717, 1.165) is 30.5 Å². The van der Waals surface area contributed by atoms with Crippen molar-refractivity contribution in [1.82, 2.24) is 19.9 Å². The molecule has 2 aromatic rings. The van der Waals surface area contributed by atoms with Crippen LogP contribution in [0.2, 0.25) is 0 Å². The number of nitrogens with zero attached hydrogens (tertiary/aromatic N) is 3. The summed E-state index contributed by atoms with van der Waals surface area (Å²) in [7, 11) is 0. The van der Waals surface area contributed by atoms with Gasteiger partial charge in [0, 0.05) is 6.20 Å². The molecule has 0 spiro atoms. The third kappa shape index (κ3) is 3.03. The highest BCUT2D eigenvalue weighted by Gasteiger charge is 2.05. The fraction of sp³-hybridized carbons (Fsp3) is 0.538. The highest BCUT2D eigenvalue weighted by molar-refractivity contribution is 5.36. The molecule has 1 atom stereocenters. The van der Waals surface area contributed by atoms with Crippen LogP contribution < -0.4 is 5.32 Å². The normalized spacial score (nSPS) is 13.1. The lowest BCUT2D eigenvalue weighted by Gasteiger charge is -2.10. The van der Waals surface area contributed by atoms with Crippen LogP contribution in [0, 0.1) is 5.92 Å². The summed E-state index contributed by atoms with van der Waals surface area (Å²) in [4.78, 5) is 0. The largest absolute Gasteiger partial charge is 0.310 e. The van der Waals surface area contributed by atoms with Crippen LogP contribution in [0.3, 0.4) is 0 Å². The summed E-state index contributed by atoms with van der Waals surface area (Å²) in [6.45, 7) is 6.32. The van der Waals surface area contributed by atoms with Crippen LogP contribution in [0.4, 0.5) is 0 Å².